The Morgan fingerprint density at radius 3 is 2.81 bits per heavy atom. The number of rotatable bonds is 5. The Bertz CT molecular complexity index is 803. The average Bonchev–Trinajstić information content (AvgIpc) is 2.67. The second-order valence-electron chi connectivity index (χ2n) is 6.75. The Morgan fingerprint density at radius 2 is 2.04 bits per heavy atom. The molecule has 5 nitrogen and oxygen atoms in total. The van der Waals surface area contributed by atoms with Gasteiger partial charge in [0.25, 0.3) is 5.91 Å². The molecule has 1 saturated heterocycles. The molecule has 2 heterocycles. The van der Waals surface area contributed by atoms with Crippen molar-refractivity contribution in [3.63, 3.8) is 0 Å². The van der Waals surface area contributed by atoms with Crippen molar-refractivity contribution in [2.45, 2.75) is 45.6 Å². The zero-order valence-corrected chi connectivity index (χ0v) is 15.4. The first kappa shape index (κ1) is 18.1. The third-order valence-corrected chi connectivity index (χ3v) is 4.91. The fourth-order valence-electron chi connectivity index (χ4n) is 3.45. The topological polar surface area (TPSA) is 62.3 Å². The van der Waals surface area contributed by atoms with Crippen LogP contribution in [0.25, 0.3) is 0 Å². The second-order valence-corrected chi connectivity index (χ2v) is 6.75. The molecule has 2 aromatic rings. The van der Waals surface area contributed by atoms with Crippen LogP contribution in [0.15, 0.2) is 42.6 Å². The Labute approximate surface area is 154 Å². The van der Waals surface area contributed by atoms with E-state index in [1.165, 1.54) is 6.42 Å². The fraction of sp³-hybridized carbons (Fsp3) is 0.381. The molecule has 1 aromatic heterocycles. The maximum Gasteiger partial charge on any atom is 0.254 e. The van der Waals surface area contributed by atoms with Crippen molar-refractivity contribution in [3.05, 3.63) is 53.7 Å². The van der Waals surface area contributed by atoms with E-state index in [0.29, 0.717) is 23.0 Å². The van der Waals surface area contributed by atoms with Crippen LogP contribution in [0.5, 0.6) is 0 Å². The Balaban J connectivity index is 1.78. The van der Waals surface area contributed by atoms with Crippen LogP contribution in [0, 0.1) is 0 Å². The summed E-state index contributed by atoms with van der Waals surface area (Å²) < 4.78 is 0. The van der Waals surface area contributed by atoms with Gasteiger partial charge < -0.3 is 10.2 Å². The number of carbonyl (C=O) groups is 2. The number of carbonyl (C=O) groups excluding carboxylic acids is 2. The van der Waals surface area contributed by atoms with Crippen molar-refractivity contribution in [1.29, 1.82) is 0 Å². The quantitative estimate of drug-likeness (QED) is 0.809. The number of likely N-dealkylation sites (tertiary alicyclic amines) is 1. The number of benzene rings is 1. The molecule has 136 valence electrons. The highest BCUT2D eigenvalue weighted by Crippen LogP contribution is 2.23. The van der Waals surface area contributed by atoms with Gasteiger partial charge in [-0.25, -0.2) is 4.98 Å². The molecule has 0 saturated carbocycles. The molecule has 5 heteroatoms. The van der Waals surface area contributed by atoms with Gasteiger partial charge in [0.15, 0.2) is 5.78 Å². The number of Topliss-reactive ketones (excluding diaryl/α,β-unsaturated/α-hetero) is 1. The normalized spacial score (nSPS) is 17.0. The minimum absolute atomic E-state index is 0.0150. The van der Waals surface area contributed by atoms with Crippen LogP contribution in [-0.4, -0.2) is 34.2 Å². The second kappa shape index (κ2) is 8.13. The van der Waals surface area contributed by atoms with E-state index in [4.69, 9.17) is 0 Å². The number of pyridine rings is 1. The van der Waals surface area contributed by atoms with Crippen molar-refractivity contribution in [3.8, 4) is 0 Å². The van der Waals surface area contributed by atoms with Crippen LogP contribution >= 0.6 is 0 Å². The third kappa shape index (κ3) is 4.10. The zero-order valence-electron chi connectivity index (χ0n) is 15.4. The number of nitrogens with one attached hydrogen (secondary N) is 1. The van der Waals surface area contributed by atoms with Crippen molar-refractivity contribution < 1.29 is 9.59 Å². The van der Waals surface area contributed by atoms with E-state index in [1.807, 2.05) is 17.0 Å². The highest BCUT2D eigenvalue weighted by Gasteiger charge is 2.26. The van der Waals surface area contributed by atoms with Gasteiger partial charge in [0.2, 0.25) is 0 Å². The van der Waals surface area contributed by atoms with Gasteiger partial charge >= 0.3 is 0 Å². The molecule has 26 heavy (non-hydrogen) atoms. The van der Waals surface area contributed by atoms with Crippen molar-refractivity contribution in [2.75, 3.05) is 11.9 Å². The summed E-state index contributed by atoms with van der Waals surface area (Å²) in [5, 5.41) is 3.19. The van der Waals surface area contributed by atoms with Crippen LogP contribution in [0.2, 0.25) is 0 Å². The van der Waals surface area contributed by atoms with E-state index in [1.54, 1.807) is 37.4 Å². The number of hydrogen-bond donors (Lipinski definition) is 1. The molecule has 1 aliphatic heterocycles. The molecule has 0 radical (unpaired) electrons. The summed E-state index contributed by atoms with van der Waals surface area (Å²) >= 11 is 0. The number of anilines is 2. The lowest BCUT2D eigenvalue weighted by atomic mass is 9.99. The SMILES string of the molecule is CCC1CCCCN1C(=O)c1ccnc(Nc2cccc(C(C)=O)c2)c1. The number of aromatic nitrogens is 1. The van der Waals surface area contributed by atoms with E-state index < -0.39 is 0 Å². The number of amides is 1. The van der Waals surface area contributed by atoms with Crippen LogP contribution in [0.4, 0.5) is 11.5 Å². The molecule has 0 spiro atoms. The molecule has 1 aliphatic rings. The lowest BCUT2D eigenvalue weighted by molar-refractivity contribution is 0.0608. The Kier molecular flexibility index (Phi) is 5.66. The maximum absolute atomic E-state index is 12.9. The molecule has 1 N–H and O–H groups in total. The molecular weight excluding hydrogens is 326 g/mol. The minimum atomic E-state index is 0.0150. The molecular formula is C21H25N3O2. The molecule has 0 bridgehead atoms. The molecule has 0 aliphatic carbocycles. The summed E-state index contributed by atoms with van der Waals surface area (Å²) in [4.78, 5) is 30.8. The summed E-state index contributed by atoms with van der Waals surface area (Å²) in [6, 6.07) is 11.1. The van der Waals surface area contributed by atoms with Gasteiger partial charge in [0.1, 0.15) is 5.82 Å². The van der Waals surface area contributed by atoms with E-state index in [9.17, 15) is 9.59 Å². The monoisotopic (exact) mass is 351 g/mol. The van der Waals surface area contributed by atoms with Crippen LogP contribution < -0.4 is 5.32 Å². The third-order valence-electron chi connectivity index (χ3n) is 4.91. The highest BCUT2D eigenvalue weighted by molar-refractivity contribution is 5.96. The predicted molar refractivity (Wildman–Crippen MR) is 103 cm³/mol. The molecule has 1 unspecified atom stereocenters. The van der Waals surface area contributed by atoms with E-state index in [0.717, 1.165) is 31.5 Å². The van der Waals surface area contributed by atoms with Gasteiger partial charge in [-0.3, -0.25) is 9.59 Å². The van der Waals surface area contributed by atoms with E-state index >= 15 is 0 Å². The maximum atomic E-state index is 12.9. The Hall–Kier alpha value is -2.69. The minimum Gasteiger partial charge on any atom is -0.340 e. The van der Waals surface area contributed by atoms with Gasteiger partial charge in [-0.15, -0.1) is 0 Å². The van der Waals surface area contributed by atoms with Gasteiger partial charge in [-0.2, -0.15) is 0 Å². The summed E-state index contributed by atoms with van der Waals surface area (Å²) in [5.41, 5.74) is 2.06. The molecule has 1 amide bonds. The van der Waals surface area contributed by atoms with Crippen LogP contribution in [-0.2, 0) is 0 Å². The average molecular weight is 351 g/mol. The van der Waals surface area contributed by atoms with Gasteiger partial charge in [0.05, 0.1) is 0 Å². The Morgan fingerprint density at radius 1 is 1.19 bits per heavy atom. The molecule has 1 fully saturated rings. The summed E-state index contributed by atoms with van der Waals surface area (Å²) in [6.45, 7) is 4.50. The highest BCUT2D eigenvalue weighted by atomic mass is 16.2. The molecule has 3 rings (SSSR count). The lowest BCUT2D eigenvalue weighted by Crippen LogP contribution is -2.43. The zero-order chi connectivity index (χ0) is 18.5. The van der Waals surface area contributed by atoms with Crippen molar-refractivity contribution >= 4 is 23.2 Å². The number of ketones is 1. The van der Waals surface area contributed by atoms with E-state index in [2.05, 4.69) is 17.2 Å². The lowest BCUT2D eigenvalue weighted by Gasteiger charge is -2.35. The van der Waals surface area contributed by atoms with Gasteiger partial charge in [-0.05, 0) is 56.9 Å². The number of hydrogen-bond acceptors (Lipinski definition) is 4. The van der Waals surface area contributed by atoms with E-state index in [-0.39, 0.29) is 11.7 Å². The summed E-state index contributed by atoms with van der Waals surface area (Å²) in [5.74, 6) is 0.683. The first-order valence-corrected chi connectivity index (χ1v) is 9.23. The molecule has 1 atom stereocenters. The van der Waals surface area contributed by atoms with Crippen molar-refractivity contribution in [2.24, 2.45) is 0 Å². The van der Waals surface area contributed by atoms with Crippen LogP contribution in [0.3, 0.4) is 0 Å². The van der Waals surface area contributed by atoms with Crippen molar-refractivity contribution in [1.82, 2.24) is 9.88 Å². The summed E-state index contributed by atoms with van der Waals surface area (Å²) in [7, 11) is 0. The van der Waals surface area contributed by atoms with Crippen LogP contribution in [0.1, 0.15) is 60.2 Å². The predicted octanol–water partition coefficient (Wildman–Crippen LogP) is 4.43. The standard InChI is InChI=1S/C21H25N3O2/c1-3-19-9-4-5-12-24(19)21(26)17-10-11-22-20(14-17)23-18-8-6-7-16(13-18)15(2)25/h6-8,10-11,13-14,19H,3-5,9,12H2,1-2H3,(H,22,23). The van der Waals surface area contributed by atoms with Gasteiger partial charge in [-0.1, -0.05) is 19.1 Å². The smallest absolute Gasteiger partial charge is 0.254 e. The first-order chi connectivity index (χ1) is 12.6. The number of piperidine rings is 1. The number of nitrogens with zero attached hydrogens (tertiary/aromatic N) is 2. The van der Waals surface area contributed by atoms with Gasteiger partial charge in [0, 0.05) is 35.6 Å². The molecule has 1 aromatic carbocycles. The fourth-order valence-corrected chi connectivity index (χ4v) is 3.45. The largest absolute Gasteiger partial charge is 0.340 e. The summed E-state index contributed by atoms with van der Waals surface area (Å²) in [6.07, 6.45) is 5.97. The first-order valence-electron chi connectivity index (χ1n) is 9.23.